The van der Waals surface area contributed by atoms with Gasteiger partial charge < -0.3 is 10.6 Å². The number of para-hydroxylation sites is 1. The fourth-order valence-electron chi connectivity index (χ4n) is 2.39. The fourth-order valence-corrected chi connectivity index (χ4v) is 2.60. The van der Waals surface area contributed by atoms with Crippen LogP contribution in [0.3, 0.4) is 0 Å². The average molecular weight is 350 g/mol. The summed E-state index contributed by atoms with van der Waals surface area (Å²) >= 11 is 6.26. The minimum Gasteiger partial charge on any atom is -0.348 e. The van der Waals surface area contributed by atoms with E-state index in [1.54, 1.807) is 10.7 Å². The van der Waals surface area contributed by atoms with Crippen LogP contribution < -0.4 is 10.6 Å². The molecule has 0 spiro atoms. The molecule has 0 aliphatic carbocycles. The maximum atomic E-state index is 12.3. The topological polar surface area (TPSA) is 71.8 Å². The van der Waals surface area contributed by atoms with E-state index in [2.05, 4.69) is 27.6 Å². The Hall–Kier alpha value is -1.92. The van der Waals surface area contributed by atoms with Gasteiger partial charge in [-0.25, -0.2) is 9.67 Å². The molecule has 1 aromatic heterocycles. The van der Waals surface area contributed by atoms with E-state index < -0.39 is 0 Å². The van der Waals surface area contributed by atoms with Crippen molar-refractivity contribution in [2.45, 2.75) is 39.7 Å². The van der Waals surface area contributed by atoms with E-state index in [9.17, 15) is 4.79 Å². The highest BCUT2D eigenvalue weighted by Crippen LogP contribution is 2.21. The second-order valence-corrected chi connectivity index (χ2v) is 6.04. The number of likely N-dealkylation sites (N-methyl/N-ethyl adjacent to an activating group) is 1. The van der Waals surface area contributed by atoms with Gasteiger partial charge in [-0.2, -0.15) is 0 Å². The summed E-state index contributed by atoms with van der Waals surface area (Å²) in [6.07, 6.45) is 1.63. The lowest BCUT2D eigenvalue weighted by Gasteiger charge is -2.11. The van der Waals surface area contributed by atoms with Gasteiger partial charge in [0.25, 0.3) is 5.91 Å². The summed E-state index contributed by atoms with van der Waals surface area (Å²) in [6, 6.07) is 7.60. The van der Waals surface area contributed by atoms with E-state index in [-0.39, 0.29) is 17.8 Å². The molecule has 6 nitrogen and oxygen atoms in total. The summed E-state index contributed by atoms with van der Waals surface area (Å²) in [5, 5.41) is 11.1. The predicted octanol–water partition coefficient (Wildman–Crippen LogP) is 2.60. The van der Waals surface area contributed by atoms with Crippen LogP contribution in [0.1, 0.15) is 43.6 Å². The fraction of sp³-hybridized carbons (Fsp3) is 0.471. The molecule has 2 aromatic rings. The van der Waals surface area contributed by atoms with Gasteiger partial charge in [0.2, 0.25) is 5.82 Å². The SMILES string of the molecule is CCCc1nc(C(=O)NC[C@@H](C)NCC)nn1-c1ccccc1Cl. The number of carbonyl (C=O) groups is 1. The Balaban J connectivity index is 2.22. The van der Waals surface area contributed by atoms with Gasteiger partial charge in [-0.3, -0.25) is 4.79 Å². The number of halogens is 1. The highest BCUT2D eigenvalue weighted by atomic mass is 35.5. The van der Waals surface area contributed by atoms with Crippen molar-refractivity contribution < 1.29 is 4.79 Å². The van der Waals surface area contributed by atoms with E-state index in [4.69, 9.17) is 11.6 Å². The molecule has 130 valence electrons. The molecule has 7 heteroatoms. The molecule has 2 N–H and O–H groups in total. The number of amides is 1. The third-order valence-corrected chi connectivity index (χ3v) is 3.87. The summed E-state index contributed by atoms with van der Waals surface area (Å²) in [4.78, 5) is 16.7. The third kappa shape index (κ3) is 4.55. The first kappa shape index (κ1) is 18.4. The lowest BCUT2D eigenvalue weighted by atomic mass is 10.3. The minimum atomic E-state index is -0.275. The summed E-state index contributed by atoms with van der Waals surface area (Å²) in [6.45, 7) is 7.49. The lowest BCUT2D eigenvalue weighted by Crippen LogP contribution is -2.39. The number of hydrogen-bond acceptors (Lipinski definition) is 4. The molecule has 0 saturated heterocycles. The second kappa shape index (κ2) is 8.80. The van der Waals surface area contributed by atoms with Crippen LogP contribution in [0.4, 0.5) is 0 Å². The molecule has 0 radical (unpaired) electrons. The molecule has 1 atom stereocenters. The average Bonchev–Trinajstić information content (AvgIpc) is 2.97. The molecule has 0 fully saturated rings. The lowest BCUT2D eigenvalue weighted by molar-refractivity contribution is 0.0940. The quantitative estimate of drug-likeness (QED) is 0.768. The summed E-state index contributed by atoms with van der Waals surface area (Å²) in [7, 11) is 0. The number of carbonyl (C=O) groups excluding carboxylic acids is 1. The van der Waals surface area contributed by atoms with Crippen LogP contribution in [0.25, 0.3) is 5.69 Å². The van der Waals surface area contributed by atoms with Gasteiger partial charge in [0.05, 0.1) is 10.7 Å². The maximum Gasteiger partial charge on any atom is 0.291 e. The summed E-state index contributed by atoms with van der Waals surface area (Å²) < 4.78 is 1.66. The maximum absolute atomic E-state index is 12.3. The number of rotatable bonds is 8. The minimum absolute atomic E-state index is 0.169. The zero-order valence-electron chi connectivity index (χ0n) is 14.3. The van der Waals surface area contributed by atoms with Crippen LogP contribution in [-0.4, -0.2) is 39.8 Å². The van der Waals surface area contributed by atoms with Gasteiger partial charge in [-0.1, -0.05) is 37.6 Å². The monoisotopic (exact) mass is 349 g/mol. The first-order chi connectivity index (χ1) is 11.6. The van der Waals surface area contributed by atoms with Crippen molar-refractivity contribution in [3.63, 3.8) is 0 Å². The molecule has 1 heterocycles. The van der Waals surface area contributed by atoms with Crippen LogP contribution >= 0.6 is 11.6 Å². The molecular formula is C17H24ClN5O. The highest BCUT2D eigenvalue weighted by Gasteiger charge is 2.18. The Bertz CT molecular complexity index is 685. The highest BCUT2D eigenvalue weighted by molar-refractivity contribution is 6.32. The molecule has 0 bridgehead atoms. The standard InChI is InChI=1S/C17H24ClN5O/c1-4-8-15-21-16(17(24)20-11-12(3)19-5-2)22-23(15)14-10-7-6-9-13(14)18/h6-7,9-10,12,19H,4-5,8,11H2,1-3H3,(H,20,24)/t12-/m1/s1. The van der Waals surface area contributed by atoms with Crippen LogP contribution in [0.2, 0.25) is 5.02 Å². The van der Waals surface area contributed by atoms with E-state index >= 15 is 0 Å². The molecule has 1 amide bonds. The van der Waals surface area contributed by atoms with Crippen LogP contribution in [0, 0.1) is 0 Å². The van der Waals surface area contributed by atoms with Gasteiger partial charge >= 0.3 is 0 Å². The van der Waals surface area contributed by atoms with E-state index in [1.807, 2.05) is 32.0 Å². The van der Waals surface area contributed by atoms with Gasteiger partial charge in [0.1, 0.15) is 5.82 Å². The zero-order valence-corrected chi connectivity index (χ0v) is 15.1. The Morgan fingerprint density at radius 3 is 2.75 bits per heavy atom. The summed E-state index contributed by atoms with van der Waals surface area (Å²) in [5.41, 5.74) is 0.732. The van der Waals surface area contributed by atoms with Crippen LogP contribution in [0.5, 0.6) is 0 Å². The number of nitrogens with zero attached hydrogens (tertiary/aromatic N) is 3. The van der Waals surface area contributed by atoms with Crippen molar-refractivity contribution >= 4 is 17.5 Å². The third-order valence-electron chi connectivity index (χ3n) is 3.55. The number of nitrogens with one attached hydrogen (secondary N) is 2. The van der Waals surface area contributed by atoms with Crippen LogP contribution in [0.15, 0.2) is 24.3 Å². The molecule has 0 unspecified atom stereocenters. The number of aryl methyl sites for hydroxylation is 1. The summed E-state index contributed by atoms with van der Waals surface area (Å²) in [5.74, 6) is 0.625. The van der Waals surface area contributed by atoms with Crippen molar-refractivity contribution in [3.05, 3.63) is 40.9 Å². The van der Waals surface area contributed by atoms with Gasteiger partial charge in [0.15, 0.2) is 0 Å². The first-order valence-electron chi connectivity index (χ1n) is 8.29. The zero-order chi connectivity index (χ0) is 17.5. The second-order valence-electron chi connectivity index (χ2n) is 5.63. The molecule has 0 saturated carbocycles. The Kier molecular flexibility index (Phi) is 6.75. The first-order valence-corrected chi connectivity index (χ1v) is 8.67. The van der Waals surface area contributed by atoms with E-state index in [0.29, 0.717) is 11.6 Å². The largest absolute Gasteiger partial charge is 0.348 e. The predicted molar refractivity (Wildman–Crippen MR) is 95.8 cm³/mol. The van der Waals surface area contributed by atoms with Gasteiger partial charge in [-0.05, 0) is 32.0 Å². The van der Waals surface area contributed by atoms with Gasteiger partial charge in [-0.15, -0.1) is 5.10 Å². The van der Waals surface area contributed by atoms with E-state index in [1.165, 1.54) is 0 Å². The normalized spacial score (nSPS) is 12.2. The van der Waals surface area contributed by atoms with Crippen molar-refractivity contribution in [1.29, 1.82) is 0 Å². The van der Waals surface area contributed by atoms with Gasteiger partial charge in [0, 0.05) is 19.0 Å². The Morgan fingerprint density at radius 1 is 1.33 bits per heavy atom. The van der Waals surface area contributed by atoms with Crippen molar-refractivity contribution in [3.8, 4) is 5.69 Å². The molecule has 0 aliphatic rings. The number of aromatic nitrogens is 3. The van der Waals surface area contributed by atoms with Crippen molar-refractivity contribution in [2.75, 3.05) is 13.1 Å². The smallest absolute Gasteiger partial charge is 0.291 e. The number of hydrogen-bond donors (Lipinski definition) is 2. The molecule has 2 rings (SSSR count). The molecular weight excluding hydrogens is 326 g/mol. The number of benzene rings is 1. The van der Waals surface area contributed by atoms with Crippen LogP contribution in [-0.2, 0) is 6.42 Å². The van der Waals surface area contributed by atoms with Crippen molar-refractivity contribution in [1.82, 2.24) is 25.4 Å². The molecule has 1 aromatic carbocycles. The Morgan fingerprint density at radius 2 is 2.08 bits per heavy atom. The van der Waals surface area contributed by atoms with Crippen molar-refractivity contribution in [2.24, 2.45) is 0 Å². The van der Waals surface area contributed by atoms with E-state index in [0.717, 1.165) is 30.9 Å². The molecule has 24 heavy (non-hydrogen) atoms. The Labute approximate surface area is 147 Å². The molecule has 0 aliphatic heterocycles.